The van der Waals surface area contributed by atoms with Crippen molar-refractivity contribution in [1.82, 2.24) is 9.88 Å². The summed E-state index contributed by atoms with van der Waals surface area (Å²) in [5, 5.41) is 5.66. The van der Waals surface area contributed by atoms with E-state index in [0.717, 1.165) is 4.47 Å². The highest BCUT2D eigenvalue weighted by atomic mass is 79.9. The number of carbonyl (C=O) groups is 1. The number of morpholine rings is 1. The second-order valence-electron chi connectivity index (χ2n) is 5.04. The van der Waals surface area contributed by atoms with Crippen LogP contribution < -0.4 is 5.32 Å². The Labute approximate surface area is 151 Å². The summed E-state index contributed by atoms with van der Waals surface area (Å²) >= 11 is 11.3. The predicted octanol–water partition coefficient (Wildman–Crippen LogP) is 3.64. The van der Waals surface area contributed by atoms with E-state index in [4.69, 9.17) is 16.3 Å². The van der Waals surface area contributed by atoms with E-state index < -0.39 is 0 Å². The average molecular weight is 417 g/mol. The molecule has 1 amide bonds. The maximum absolute atomic E-state index is 12.4. The average Bonchev–Trinajstić information content (AvgIpc) is 2.99. The fraction of sp³-hybridized carbons (Fsp3) is 0.333. The molecule has 1 N–H and O–H groups in total. The lowest BCUT2D eigenvalue weighted by atomic mass is 10.2. The summed E-state index contributed by atoms with van der Waals surface area (Å²) in [4.78, 5) is 19.6. The molecular weight excluding hydrogens is 402 g/mol. The number of aromatic nitrogens is 1. The first-order valence-corrected chi connectivity index (χ1v) is 9.18. The standard InChI is InChI=1S/C15H15BrClN3O2S/c16-11-6-12(23-9-11)8-19-14-13(17)5-10(7-18-14)15(21)20-1-3-22-4-2-20/h5-7,9H,1-4,8H2,(H,18,19). The number of nitrogens with zero attached hydrogens (tertiary/aromatic N) is 2. The van der Waals surface area contributed by atoms with E-state index in [-0.39, 0.29) is 5.91 Å². The molecular formula is C15H15BrClN3O2S. The number of ether oxygens (including phenoxy) is 1. The SMILES string of the molecule is O=C(c1cnc(NCc2cc(Br)cs2)c(Cl)c1)N1CCOCC1. The molecule has 2 aromatic heterocycles. The number of hydrogen-bond acceptors (Lipinski definition) is 5. The highest BCUT2D eigenvalue weighted by Gasteiger charge is 2.19. The summed E-state index contributed by atoms with van der Waals surface area (Å²) < 4.78 is 6.32. The van der Waals surface area contributed by atoms with Crippen LogP contribution in [0, 0.1) is 0 Å². The van der Waals surface area contributed by atoms with Gasteiger partial charge in [-0.25, -0.2) is 4.98 Å². The van der Waals surface area contributed by atoms with Crippen molar-refractivity contribution in [3.05, 3.63) is 43.6 Å². The molecule has 1 saturated heterocycles. The Morgan fingerprint density at radius 1 is 1.43 bits per heavy atom. The third-order valence-corrected chi connectivity index (χ3v) is 5.42. The van der Waals surface area contributed by atoms with Crippen LogP contribution >= 0.6 is 38.9 Å². The number of hydrogen-bond donors (Lipinski definition) is 1. The summed E-state index contributed by atoms with van der Waals surface area (Å²) in [5.41, 5.74) is 0.501. The zero-order valence-corrected chi connectivity index (χ0v) is 15.4. The molecule has 0 atom stereocenters. The molecule has 2 aromatic rings. The third kappa shape index (κ3) is 4.23. The van der Waals surface area contributed by atoms with E-state index in [1.54, 1.807) is 28.5 Å². The van der Waals surface area contributed by atoms with Gasteiger partial charge in [-0.2, -0.15) is 0 Å². The first-order valence-electron chi connectivity index (χ1n) is 7.13. The van der Waals surface area contributed by atoms with Crippen LogP contribution in [0.25, 0.3) is 0 Å². The minimum atomic E-state index is -0.0589. The van der Waals surface area contributed by atoms with Crippen molar-refractivity contribution in [2.45, 2.75) is 6.54 Å². The number of thiophene rings is 1. The smallest absolute Gasteiger partial charge is 0.255 e. The van der Waals surface area contributed by atoms with Gasteiger partial charge in [0.25, 0.3) is 5.91 Å². The van der Waals surface area contributed by atoms with Crippen LogP contribution in [0.5, 0.6) is 0 Å². The highest BCUT2D eigenvalue weighted by Crippen LogP contribution is 2.24. The zero-order valence-electron chi connectivity index (χ0n) is 12.2. The molecule has 3 heterocycles. The molecule has 1 aliphatic rings. The van der Waals surface area contributed by atoms with E-state index in [9.17, 15) is 4.79 Å². The molecule has 0 aliphatic carbocycles. The predicted molar refractivity (Wildman–Crippen MR) is 95.3 cm³/mol. The number of rotatable bonds is 4. The minimum Gasteiger partial charge on any atom is -0.378 e. The zero-order chi connectivity index (χ0) is 16.2. The number of halogens is 2. The van der Waals surface area contributed by atoms with E-state index in [0.29, 0.717) is 49.3 Å². The second kappa shape index (κ2) is 7.61. The molecule has 0 spiro atoms. The van der Waals surface area contributed by atoms with Crippen LogP contribution in [0.3, 0.4) is 0 Å². The van der Waals surface area contributed by atoms with Gasteiger partial charge in [0.1, 0.15) is 5.82 Å². The topological polar surface area (TPSA) is 54.5 Å². The van der Waals surface area contributed by atoms with Crippen molar-refractivity contribution >= 4 is 50.6 Å². The Bertz CT molecular complexity index is 704. The van der Waals surface area contributed by atoms with Gasteiger partial charge in [0.15, 0.2) is 0 Å². The number of carbonyl (C=O) groups excluding carboxylic acids is 1. The molecule has 0 unspecified atom stereocenters. The highest BCUT2D eigenvalue weighted by molar-refractivity contribution is 9.10. The van der Waals surface area contributed by atoms with Gasteiger partial charge in [-0.3, -0.25) is 4.79 Å². The second-order valence-corrected chi connectivity index (χ2v) is 7.36. The molecule has 3 rings (SSSR count). The minimum absolute atomic E-state index is 0.0589. The largest absolute Gasteiger partial charge is 0.378 e. The van der Waals surface area contributed by atoms with Gasteiger partial charge < -0.3 is 15.0 Å². The van der Waals surface area contributed by atoms with Crippen LogP contribution in [-0.4, -0.2) is 42.1 Å². The van der Waals surface area contributed by atoms with Crippen LogP contribution in [0.2, 0.25) is 5.02 Å². The lowest BCUT2D eigenvalue weighted by molar-refractivity contribution is 0.0302. The third-order valence-electron chi connectivity index (χ3n) is 3.44. The van der Waals surface area contributed by atoms with E-state index >= 15 is 0 Å². The maximum atomic E-state index is 12.4. The van der Waals surface area contributed by atoms with Crippen molar-refractivity contribution in [3.8, 4) is 0 Å². The normalized spacial score (nSPS) is 14.8. The van der Waals surface area contributed by atoms with Gasteiger partial charge in [0.05, 0.1) is 30.3 Å². The molecule has 0 radical (unpaired) electrons. The Morgan fingerprint density at radius 2 is 2.22 bits per heavy atom. The molecule has 0 aromatic carbocycles. The van der Waals surface area contributed by atoms with Crippen LogP contribution in [0.4, 0.5) is 5.82 Å². The van der Waals surface area contributed by atoms with Crippen molar-refractivity contribution in [2.75, 3.05) is 31.6 Å². The van der Waals surface area contributed by atoms with Gasteiger partial charge in [-0.05, 0) is 28.1 Å². The van der Waals surface area contributed by atoms with Gasteiger partial charge in [0, 0.05) is 34.0 Å². The summed E-state index contributed by atoms with van der Waals surface area (Å²) in [6, 6.07) is 3.71. The van der Waals surface area contributed by atoms with E-state index in [1.165, 1.54) is 4.88 Å². The Balaban J connectivity index is 1.66. The first-order chi connectivity index (χ1) is 11.1. The van der Waals surface area contributed by atoms with Crippen molar-refractivity contribution < 1.29 is 9.53 Å². The lowest BCUT2D eigenvalue weighted by Crippen LogP contribution is -2.40. The number of amides is 1. The number of nitrogens with one attached hydrogen (secondary N) is 1. The van der Waals surface area contributed by atoms with Crippen LogP contribution in [-0.2, 0) is 11.3 Å². The Hall–Kier alpha value is -1.15. The summed E-state index contributed by atoms with van der Waals surface area (Å²) in [6.07, 6.45) is 1.57. The molecule has 122 valence electrons. The summed E-state index contributed by atoms with van der Waals surface area (Å²) in [5.74, 6) is 0.520. The Kier molecular flexibility index (Phi) is 5.53. The van der Waals surface area contributed by atoms with E-state index in [2.05, 4.69) is 26.2 Å². The molecule has 0 bridgehead atoms. The molecule has 0 saturated carbocycles. The van der Waals surface area contributed by atoms with Gasteiger partial charge >= 0.3 is 0 Å². The lowest BCUT2D eigenvalue weighted by Gasteiger charge is -2.26. The number of anilines is 1. The van der Waals surface area contributed by atoms with Crippen LogP contribution in [0.1, 0.15) is 15.2 Å². The fourth-order valence-corrected chi connectivity index (χ4v) is 3.88. The van der Waals surface area contributed by atoms with Crippen molar-refractivity contribution in [2.24, 2.45) is 0 Å². The van der Waals surface area contributed by atoms with Gasteiger partial charge in [-0.1, -0.05) is 11.6 Å². The van der Waals surface area contributed by atoms with Gasteiger partial charge in [-0.15, -0.1) is 11.3 Å². The summed E-state index contributed by atoms with van der Waals surface area (Å²) in [7, 11) is 0. The monoisotopic (exact) mass is 415 g/mol. The molecule has 23 heavy (non-hydrogen) atoms. The van der Waals surface area contributed by atoms with Crippen molar-refractivity contribution in [1.29, 1.82) is 0 Å². The Morgan fingerprint density at radius 3 is 2.87 bits per heavy atom. The van der Waals surface area contributed by atoms with E-state index in [1.807, 2.05) is 11.4 Å². The quantitative estimate of drug-likeness (QED) is 0.827. The molecule has 1 aliphatic heterocycles. The molecule has 5 nitrogen and oxygen atoms in total. The van der Waals surface area contributed by atoms with Gasteiger partial charge in [0.2, 0.25) is 0 Å². The molecule has 8 heteroatoms. The van der Waals surface area contributed by atoms with Crippen LogP contribution in [0.15, 0.2) is 28.2 Å². The fourth-order valence-electron chi connectivity index (χ4n) is 2.25. The number of pyridine rings is 1. The van der Waals surface area contributed by atoms with Crippen molar-refractivity contribution in [3.63, 3.8) is 0 Å². The summed E-state index contributed by atoms with van der Waals surface area (Å²) in [6.45, 7) is 2.99. The first kappa shape index (κ1) is 16.7. The maximum Gasteiger partial charge on any atom is 0.255 e. The molecule has 1 fully saturated rings.